The van der Waals surface area contributed by atoms with E-state index in [2.05, 4.69) is 20.8 Å². The molecule has 1 aliphatic rings. The lowest BCUT2D eigenvalue weighted by atomic mass is 9.93. The summed E-state index contributed by atoms with van der Waals surface area (Å²) in [7, 11) is 0. The summed E-state index contributed by atoms with van der Waals surface area (Å²) >= 11 is 0. The number of rotatable bonds is 4. The lowest BCUT2D eigenvalue weighted by Gasteiger charge is -2.13. The number of pyridine rings is 1. The Balaban J connectivity index is 1.59. The molecule has 8 nitrogen and oxygen atoms in total. The summed E-state index contributed by atoms with van der Waals surface area (Å²) in [6.45, 7) is 3.69. The van der Waals surface area contributed by atoms with E-state index in [0.29, 0.717) is 35.7 Å². The molecule has 3 heterocycles. The van der Waals surface area contributed by atoms with Gasteiger partial charge in [-0.05, 0) is 50.5 Å². The third kappa shape index (κ3) is 3.69. The number of nitrogens with one attached hydrogen (secondary N) is 2. The molecule has 0 saturated heterocycles. The largest absolute Gasteiger partial charge is 0.459 e. The monoisotopic (exact) mass is 392 g/mol. The van der Waals surface area contributed by atoms with E-state index in [1.807, 2.05) is 26.0 Å². The Morgan fingerprint density at radius 1 is 1.14 bits per heavy atom. The van der Waals surface area contributed by atoms with E-state index in [0.717, 1.165) is 17.5 Å². The van der Waals surface area contributed by atoms with Crippen LogP contribution in [0, 0.1) is 13.8 Å². The van der Waals surface area contributed by atoms with Gasteiger partial charge in [0, 0.05) is 23.7 Å². The van der Waals surface area contributed by atoms with Crippen molar-refractivity contribution in [1.82, 2.24) is 10.4 Å². The first kappa shape index (κ1) is 18.7. The van der Waals surface area contributed by atoms with Crippen molar-refractivity contribution in [2.24, 2.45) is 5.10 Å². The van der Waals surface area contributed by atoms with Crippen molar-refractivity contribution in [1.29, 1.82) is 0 Å². The van der Waals surface area contributed by atoms with Gasteiger partial charge in [-0.1, -0.05) is 6.07 Å². The predicted octanol–water partition coefficient (Wildman–Crippen LogP) is 3.61. The summed E-state index contributed by atoms with van der Waals surface area (Å²) in [5.74, 6) is 0.803. The van der Waals surface area contributed by atoms with Crippen LogP contribution in [-0.2, 0) is 6.42 Å². The van der Waals surface area contributed by atoms with Crippen LogP contribution in [0.5, 0.6) is 0 Å². The Morgan fingerprint density at radius 2 is 2.00 bits per heavy atom. The minimum absolute atomic E-state index is 0.181. The molecule has 3 aromatic rings. The van der Waals surface area contributed by atoms with Crippen LogP contribution in [0.3, 0.4) is 0 Å². The molecule has 148 valence electrons. The molecule has 1 aliphatic carbocycles. The molecular formula is C21H20N4O4. The molecule has 0 atom stereocenters. The zero-order valence-electron chi connectivity index (χ0n) is 16.1. The second-order valence-electron chi connectivity index (χ2n) is 6.81. The molecule has 2 amide bonds. The topological polar surface area (TPSA) is 110 Å². The van der Waals surface area contributed by atoms with E-state index in [9.17, 15) is 9.59 Å². The Hall–Kier alpha value is -3.68. The van der Waals surface area contributed by atoms with Crippen LogP contribution in [0.2, 0.25) is 0 Å². The van der Waals surface area contributed by atoms with E-state index < -0.39 is 5.91 Å². The van der Waals surface area contributed by atoms with Crippen molar-refractivity contribution < 1.29 is 18.4 Å². The molecule has 0 fully saturated rings. The molecular weight excluding hydrogens is 372 g/mol. The number of carbonyl (C=O) groups excluding carboxylic acids is 2. The first-order chi connectivity index (χ1) is 14.0. The fourth-order valence-electron chi connectivity index (χ4n) is 3.36. The molecule has 0 bridgehead atoms. The number of anilines is 1. The van der Waals surface area contributed by atoms with Gasteiger partial charge in [-0.25, -0.2) is 10.4 Å². The van der Waals surface area contributed by atoms with Crippen molar-refractivity contribution in [2.45, 2.75) is 33.1 Å². The smallest absolute Gasteiger partial charge is 0.307 e. The second-order valence-corrected chi connectivity index (χ2v) is 6.81. The summed E-state index contributed by atoms with van der Waals surface area (Å²) in [5, 5.41) is 7.06. The highest BCUT2D eigenvalue weighted by atomic mass is 16.4. The van der Waals surface area contributed by atoms with Gasteiger partial charge in [-0.2, -0.15) is 5.10 Å². The fraction of sp³-hybridized carbons (Fsp3) is 0.238. The molecule has 0 aromatic carbocycles. The fourth-order valence-corrected chi connectivity index (χ4v) is 3.36. The maximum Gasteiger partial charge on any atom is 0.307 e. The quantitative estimate of drug-likeness (QED) is 0.659. The number of hydrogen-bond acceptors (Lipinski definition) is 6. The third-order valence-corrected chi connectivity index (χ3v) is 4.81. The van der Waals surface area contributed by atoms with E-state index >= 15 is 0 Å². The van der Waals surface area contributed by atoms with Crippen LogP contribution in [0.4, 0.5) is 5.82 Å². The maximum absolute atomic E-state index is 12.8. The maximum atomic E-state index is 12.8. The van der Waals surface area contributed by atoms with E-state index in [1.165, 1.54) is 6.26 Å². The zero-order valence-corrected chi connectivity index (χ0v) is 16.1. The standard InChI is InChI=1S/C21H20N4O4/c1-12-6-4-10-22-19(12)23-21(27)18-13(2)17-14(7-3-8-15(17)29-18)24-25-20(26)16-9-5-11-28-16/h4-6,9-11H,3,7-8H2,1-2H3,(H,25,26)(H,22,23,27)/b24-14+. The zero-order chi connectivity index (χ0) is 20.4. The van der Waals surface area contributed by atoms with Crippen molar-refractivity contribution in [3.8, 4) is 0 Å². The normalized spacial score (nSPS) is 14.5. The van der Waals surface area contributed by atoms with Crippen LogP contribution >= 0.6 is 0 Å². The molecule has 3 aromatic heterocycles. The van der Waals surface area contributed by atoms with Gasteiger partial charge in [-0.3, -0.25) is 9.59 Å². The minimum Gasteiger partial charge on any atom is -0.459 e. The van der Waals surface area contributed by atoms with Gasteiger partial charge in [0.25, 0.3) is 5.91 Å². The number of amides is 2. The van der Waals surface area contributed by atoms with Crippen molar-refractivity contribution >= 4 is 23.3 Å². The molecule has 0 spiro atoms. The van der Waals surface area contributed by atoms with Gasteiger partial charge in [0.1, 0.15) is 11.6 Å². The molecule has 4 rings (SSSR count). The molecule has 0 saturated carbocycles. The summed E-state index contributed by atoms with van der Waals surface area (Å²) in [6.07, 6.45) is 5.24. The highest BCUT2D eigenvalue weighted by molar-refractivity contribution is 6.09. The Kier molecular flexibility index (Phi) is 4.99. The van der Waals surface area contributed by atoms with Gasteiger partial charge < -0.3 is 14.2 Å². The Bertz CT molecular complexity index is 1100. The van der Waals surface area contributed by atoms with E-state index in [4.69, 9.17) is 8.83 Å². The van der Waals surface area contributed by atoms with Gasteiger partial charge >= 0.3 is 5.91 Å². The van der Waals surface area contributed by atoms with Gasteiger partial charge in [0.2, 0.25) is 0 Å². The van der Waals surface area contributed by atoms with Crippen molar-refractivity contribution in [2.75, 3.05) is 5.32 Å². The minimum atomic E-state index is -0.431. The van der Waals surface area contributed by atoms with Gasteiger partial charge in [0.05, 0.1) is 12.0 Å². The average molecular weight is 392 g/mol. The molecule has 0 unspecified atom stereocenters. The number of aryl methyl sites for hydroxylation is 2. The number of furan rings is 2. The van der Waals surface area contributed by atoms with Crippen LogP contribution in [0.1, 0.15) is 56.4 Å². The number of carbonyl (C=O) groups is 2. The van der Waals surface area contributed by atoms with Crippen molar-refractivity contribution in [3.05, 3.63) is 70.7 Å². The summed E-state index contributed by atoms with van der Waals surface area (Å²) in [5.41, 5.74) is 5.52. The van der Waals surface area contributed by atoms with Gasteiger partial charge in [0.15, 0.2) is 11.5 Å². The summed E-state index contributed by atoms with van der Waals surface area (Å²) in [6, 6.07) is 6.87. The number of hydrazone groups is 1. The van der Waals surface area contributed by atoms with Crippen LogP contribution < -0.4 is 10.7 Å². The number of hydrogen-bond donors (Lipinski definition) is 2. The number of fused-ring (bicyclic) bond motifs is 1. The van der Waals surface area contributed by atoms with Gasteiger partial charge in [-0.15, -0.1) is 0 Å². The molecule has 8 heteroatoms. The molecule has 0 radical (unpaired) electrons. The van der Waals surface area contributed by atoms with Crippen LogP contribution in [0.25, 0.3) is 0 Å². The lowest BCUT2D eigenvalue weighted by molar-refractivity contribution is 0.0926. The molecule has 0 aliphatic heterocycles. The lowest BCUT2D eigenvalue weighted by Crippen LogP contribution is -2.21. The summed E-state index contributed by atoms with van der Waals surface area (Å²) in [4.78, 5) is 29.0. The highest BCUT2D eigenvalue weighted by Crippen LogP contribution is 2.30. The van der Waals surface area contributed by atoms with Crippen molar-refractivity contribution in [3.63, 3.8) is 0 Å². The van der Waals surface area contributed by atoms with Crippen LogP contribution in [0.15, 0.2) is 50.7 Å². The Labute approximate surface area is 167 Å². The number of nitrogens with zero attached hydrogens (tertiary/aromatic N) is 2. The first-order valence-electron chi connectivity index (χ1n) is 9.30. The highest BCUT2D eigenvalue weighted by Gasteiger charge is 2.28. The predicted molar refractivity (Wildman–Crippen MR) is 106 cm³/mol. The second kappa shape index (κ2) is 7.75. The molecule has 2 N–H and O–H groups in total. The average Bonchev–Trinajstić information content (AvgIpc) is 3.37. The Morgan fingerprint density at radius 3 is 2.76 bits per heavy atom. The van der Waals surface area contributed by atoms with E-state index in [1.54, 1.807) is 18.3 Å². The summed E-state index contributed by atoms with van der Waals surface area (Å²) < 4.78 is 10.9. The third-order valence-electron chi connectivity index (χ3n) is 4.81. The SMILES string of the molecule is Cc1cccnc1NC(=O)c1oc2c(c1C)/C(=N/NC(=O)c1ccco1)CCC2. The molecule has 29 heavy (non-hydrogen) atoms. The van der Waals surface area contributed by atoms with Crippen LogP contribution in [-0.4, -0.2) is 22.5 Å². The number of aromatic nitrogens is 1. The first-order valence-corrected chi connectivity index (χ1v) is 9.30. The van der Waals surface area contributed by atoms with E-state index in [-0.39, 0.29) is 17.4 Å².